The van der Waals surface area contributed by atoms with Gasteiger partial charge in [-0.3, -0.25) is 0 Å². The molecular formula is C18H19ClN4O3. The normalized spacial score (nSPS) is 10.8. The standard InChI is InChI=1S/C18H19ClN4O3/c1-11-10-20-16(21-11)18(24)26-17-12(2)13(3)22-23(17)7-8-25-15-6-4-5-14(19)9-15/h4-6,9-10H,7-8H2,1-3H3,(H,20,21). The summed E-state index contributed by atoms with van der Waals surface area (Å²) in [5.41, 5.74) is 2.30. The third-order valence-electron chi connectivity index (χ3n) is 3.83. The molecule has 0 radical (unpaired) electrons. The lowest BCUT2D eigenvalue weighted by Crippen LogP contribution is -2.16. The van der Waals surface area contributed by atoms with Gasteiger partial charge in [-0.2, -0.15) is 5.10 Å². The van der Waals surface area contributed by atoms with Crippen LogP contribution in [0.3, 0.4) is 0 Å². The van der Waals surface area contributed by atoms with Crippen LogP contribution < -0.4 is 9.47 Å². The predicted octanol–water partition coefficient (Wildman–Crippen LogP) is 3.48. The number of H-pyrrole nitrogens is 1. The third-order valence-corrected chi connectivity index (χ3v) is 4.06. The average molecular weight is 375 g/mol. The molecule has 0 aliphatic carbocycles. The van der Waals surface area contributed by atoms with Crippen molar-refractivity contribution in [2.24, 2.45) is 0 Å². The van der Waals surface area contributed by atoms with E-state index in [1.807, 2.05) is 26.0 Å². The Bertz CT molecular complexity index is 932. The quantitative estimate of drug-likeness (QED) is 0.668. The second kappa shape index (κ2) is 7.61. The van der Waals surface area contributed by atoms with E-state index in [-0.39, 0.29) is 5.82 Å². The zero-order chi connectivity index (χ0) is 18.7. The Balaban J connectivity index is 1.69. The van der Waals surface area contributed by atoms with Gasteiger partial charge < -0.3 is 14.5 Å². The number of aromatic nitrogens is 4. The van der Waals surface area contributed by atoms with Crippen molar-refractivity contribution in [1.29, 1.82) is 0 Å². The van der Waals surface area contributed by atoms with Gasteiger partial charge in [-0.1, -0.05) is 17.7 Å². The first-order valence-electron chi connectivity index (χ1n) is 8.10. The van der Waals surface area contributed by atoms with E-state index in [9.17, 15) is 4.79 Å². The molecule has 0 aliphatic heterocycles. The summed E-state index contributed by atoms with van der Waals surface area (Å²) >= 11 is 5.94. The number of ether oxygens (including phenoxy) is 2. The zero-order valence-corrected chi connectivity index (χ0v) is 15.5. The van der Waals surface area contributed by atoms with Gasteiger partial charge in [0.1, 0.15) is 12.4 Å². The highest BCUT2D eigenvalue weighted by molar-refractivity contribution is 6.30. The molecule has 0 saturated heterocycles. The molecule has 8 heteroatoms. The van der Waals surface area contributed by atoms with Crippen molar-refractivity contribution in [1.82, 2.24) is 19.7 Å². The minimum absolute atomic E-state index is 0.155. The molecule has 26 heavy (non-hydrogen) atoms. The number of carbonyl (C=O) groups excluding carboxylic acids is 1. The maximum absolute atomic E-state index is 12.3. The molecule has 1 N–H and O–H groups in total. The van der Waals surface area contributed by atoms with Gasteiger partial charge in [0.05, 0.1) is 17.9 Å². The predicted molar refractivity (Wildman–Crippen MR) is 96.9 cm³/mol. The van der Waals surface area contributed by atoms with E-state index < -0.39 is 5.97 Å². The molecule has 3 aromatic rings. The Morgan fingerprint density at radius 3 is 2.81 bits per heavy atom. The summed E-state index contributed by atoms with van der Waals surface area (Å²) < 4.78 is 12.8. The lowest BCUT2D eigenvalue weighted by molar-refractivity contribution is 0.0703. The summed E-state index contributed by atoms with van der Waals surface area (Å²) in [6, 6.07) is 7.16. The smallest absolute Gasteiger partial charge is 0.381 e. The number of esters is 1. The SMILES string of the molecule is Cc1c[nH]c(C(=O)Oc2c(C)c(C)nn2CCOc2cccc(Cl)c2)n1. The molecule has 0 aliphatic rings. The number of nitrogens with zero attached hydrogens (tertiary/aromatic N) is 3. The highest BCUT2D eigenvalue weighted by Crippen LogP contribution is 2.22. The molecule has 0 atom stereocenters. The van der Waals surface area contributed by atoms with Crippen LogP contribution in [0.15, 0.2) is 30.5 Å². The van der Waals surface area contributed by atoms with Gasteiger partial charge in [0.25, 0.3) is 0 Å². The van der Waals surface area contributed by atoms with Crippen molar-refractivity contribution in [2.45, 2.75) is 27.3 Å². The van der Waals surface area contributed by atoms with Crippen LogP contribution >= 0.6 is 11.6 Å². The minimum Gasteiger partial charge on any atom is -0.492 e. The molecule has 0 unspecified atom stereocenters. The van der Waals surface area contributed by atoms with E-state index in [0.717, 1.165) is 11.3 Å². The second-order valence-electron chi connectivity index (χ2n) is 5.82. The van der Waals surface area contributed by atoms with Crippen molar-refractivity contribution < 1.29 is 14.3 Å². The molecule has 3 rings (SSSR count). The van der Waals surface area contributed by atoms with Crippen molar-refractivity contribution >= 4 is 17.6 Å². The third kappa shape index (κ3) is 4.05. The summed E-state index contributed by atoms with van der Waals surface area (Å²) in [4.78, 5) is 19.1. The lowest BCUT2D eigenvalue weighted by atomic mass is 10.3. The maximum atomic E-state index is 12.3. The van der Waals surface area contributed by atoms with E-state index >= 15 is 0 Å². The molecule has 0 spiro atoms. The molecule has 2 heterocycles. The molecule has 0 saturated carbocycles. The fourth-order valence-corrected chi connectivity index (χ4v) is 2.57. The van der Waals surface area contributed by atoms with Gasteiger partial charge in [0.15, 0.2) is 0 Å². The van der Waals surface area contributed by atoms with Gasteiger partial charge in [0.2, 0.25) is 11.7 Å². The van der Waals surface area contributed by atoms with E-state index in [1.165, 1.54) is 0 Å². The number of imidazole rings is 1. The van der Waals surface area contributed by atoms with Crippen LogP contribution in [0.25, 0.3) is 0 Å². The van der Waals surface area contributed by atoms with E-state index in [4.69, 9.17) is 21.1 Å². The fourth-order valence-electron chi connectivity index (χ4n) is 2.39. The Labute approximate surface area is 155 Å². The number of aromatic amines is 1. The highest BCUT2D eigenvalue weighted by Gasteiger charge is 2.19. The van der Waals surface area contributed by atoms with Gasteiger partial charge in [-0.05, 0) is 39.0 Å². The topological polar surface area (TPSA) is 82.0 Å². The molecular weight excluding hydrogens is 356 g/mol. The number of rotatable bonds is 6. The number of hydrogen-bond acceptors (Lipinski definition) is 5. The van der Waals surface area contributed by atoms with E-state index in [2.05, 4.69) is 15.1 Å². The average Bonchev–Trinajstić information content (AvgIpc) is 3.14. The van der Waals surface area contributed by atoms with Crippen LogP contribution in [0.1, 0.15) is 27.6 Å². The molecule has 0 fully saturated rings. The maximum Gasteiger partial charge on any atom is 0.381 e. The molecule has 2 aromatic heterocycles. The van der Waals surface area contributed by atoms with Crippen LogP contribution in [0.4, 0.5) is 0 Å². The first-order chi connectivity index (χ1) is 12.4. The summed E-state index contributed by atoms with van der Waals surface area (Å²) in [7, 11) is 0. The zero-order valence-electron chi connectivity index (χ0n) is 14.7. The number of halogens is 1. The monoisotopic (exact) mass is 374 g/mol. The number of hydrogen-bond donors (Lipinski definition) is 1. The summed E-state index contributed by atoms with van der Waals surface area (Å²) in [5.74, 6) is 0.652. The van der Waals surface area contributed by atoms with Crippen molar-refractivity contribution in [3.8, 4) is 11.6 Å². The summed E-state index contributed by atoms with van der Waals surface area (Å²) in [6.45, 7) is 6.27. The van der Waals surface area contributed by atoms with Crippen molar-refractivity contribution in [3.63, 3.8) is 0 Å². The molecule has 7 nitrogen and oxygen atoms in total. The van der Waals surface area contributed by atoms with Crippen molar-refractivity contribution in [3.05, 3.63) is 58.3 Å². The van der Waals surface area contributed by atoms with Gasteiger partial charge in [-0.15, -0.1) is 0 Å². The first kappa shape index (κ1) is 18.0. The molecule has 136 valence electrons. The van der Waals surface area contributed by atoms with Crippen LogP contribution in [0, 0.1) is 20.8 Å². The fraction of sp³-hybridized carbons (Fsp3) is 0.278. The van der Waals surface area contributed by atoms with Gasteiger partial charge in [-0.25, -0.2) is 14.5 Å². The Hall–Kier alpha value is -2.80. The van der Waals surface area contributed by atoms with Gasteiger partial charge >= 0.3 is 5.97 Å². The first-order valence-corrected chi connectivity index (χ1v) is 8.48. The van der Waals surface area contributed by atoms with E-state index in [1.54, 1.807) is 29.9 Å². The number of nitrogens with one attached hydrogen (secondary N) is 1. The highest BCUT2D eigenvalue weighted by atomic mass is 35.5. The number of carbonyl (C=O) groups is 1. The minimum atomic E-state index is -0.557. The van der Waals surface area contributed by atoms with Crippen LogP contribution in [0.5, 0.6) is 11.6 Å². The van der Waals surface area contributed by atoms with Crippen LogP contribution in [-0.2, 0) is 6.54 Å². The lowest BCUT2D eigenvalue weighted by Gasteiger charge is -2.10. The molecule has 0 bridgehead atoms. The Kier molecular flexibility index (Phi) is 5.27. The van der Waals surface area contributed by atoms with Crippen LogP contribution in [0.2, 0.25) is 5.02 Å². The number of benzene rings is 1. The second-order valence-corrected chi connectivity index (χ2v) is 6.26. The van der Waals surface area contributed by atoms with Crippen LogP contribution in [-0.4, -0.2) is 32.3 Å². The van der Waals surface area contributed by atoms with Crippen molar-refractivity contribution in [2.75, 3.05) is 6.61 Å². The van der Waals surface area contributed by atoms with Gasteiger partial charge in [0, 0.05) is 16.8 Å². The van der Waals surface area contributed by atoms with E-state index in [0.29, 0.717) is 35.5 Å². The molecule has 1 aromatic carbocycles. The Morgan fingerprint density at radius 1 is 1.31 bits per heavy atom. The largest absolute Gasteiger partial charge is 0.492 e. The molecule has 0 amide bonds. The number of aryl methyl sites for hydroxylation is 2. The Morgan fingerprint density at radius 2 is 2.12 bits per heavy atom. The summed E-state index contributed by atoms with van der Waals surface area (Å²) in [5, 5.41) is 5.02. The summed E-state index contributed by atoms with van der Waals surface area (Å²) in [6.07, 6.45) is 1.64.